The van der Waals surface area contributed by atoms with Crippen LogP contribution in [0.25, 0.3) is 0 Å². The van der Waals surface area contributed by atoms with E-state index in [4.69, 9.17) is 0 Å². The van der Waals surface area contributed by atoms with Crippen molar-refractivity contribution in [1.29, 1.82) is 0 Å². The van der Waals surface area contributed by atoms with Gasteiger partial charge in [-0.2, -0.15) is 0 Å². The number of phenols is 1. The lowest BCUT2D eigenvalue weighted by Gasteiger charge is -2.49. The normalized spacial score (nSPS) is 30.7. The zero-order valence-electron chi connectivity index (χ0n) is 22.2. The van der Waals surface area contributed by atoms with Crippen LogP contribution in [0.3, 0.4) is 0 Å². The maximum absolute atomic E-state index is 14.3. The van der Waals surface area contributed by atoms with E-state index in [1.807, 2.05) is 37.3 Å². The van der Waals surface area contributed by atoms with Crippen LogP contribution in [-0.2, 0) is 19.2 Å². The molecule has 0 spiro atoms. The number of carbonyl (C=O) groups excluding carboxylic acids is 4. The zero-order chi connectivity index (χ0) is 28.6. The molecule has 206 valence electrons. The van der Waals surface area contributed by atoms with Gasteiger partial charge in [-0.15, -0.1) is 0 Å². The van der Waals surface area contributed by atoms with Gasteiger partial charge in [0.25, 0.3) is 0 Å². The Morgan fingerprint density at radius 3 is 2.15 bits per heavy atom. The molecule has 4 aliphatic rings. The quantitative estimate of drug-likeness (QED) is 0.230. The van der Waals surface area contributed by atoms with E-state index in [-0.39, 0.29) is 35.8 Å². The Labute approximate surface area is 251 Å². The molecule has 3 aromatic rings. The molecule has 4 amide bonds. The Morgan fingerprint density at radius 1 is 0.780 bits per heavy atom. The van der Waals surface area contributed by atoms with Crippen LogP contribution < -0.4 is 9.80 Å². The Bertz CT molecular complexity index is 1650. The van der Waals surface area contributed by atoms with Crippen molar-refractivity contribution in [3.8, 4) is 5.75 Å². The molecule has 1 saturated carbocycles. The molecule has 7 nitrogen and oxygen atoms in total. The van der Waals surface area contributed by atoms with Gasteiger partial charge in [-0.3, -0.25) is 24.1 Å². The molecule has 0 aromatic heterocycles. The number of phenolic OH excluding ortho intramolecular Hbond substituents is 1. The summed E-state index contributed by atoms with van der Waals surface area (Å²) in [4.78, 5) is 58.7. The average Bonchev–Trinajstić information content (AvgIpc) is 3.34. The Hall–Kier alpha value is -3.79. The predicted molar refractivity (Wildman–Crippen MR) is 161 cm³/mol. The van der Waals surface area contributed by atoms with Gasteiger partial charge in [0.05, 0.1) is 34.5 Å². The molecule has 2 aliphatic heterocycles. The minimum Gasteiger partial charge on any atom is -0.508 e. The number of allylic oxidation sites excluding steroid dienone is 2. The molecule has 3 aromatic carbocycles. The van der Waals surface area contributed by atoms with Gasteiger partial charge in [-0.05, 0) is 90.7 Å². The number of hydrogen-bond acceptors (Lipinski definition) is 5. The summed E-state index contributed by atoms with van der Waals surface area (Å²) in [5.41, 5.74) is 1.27. The molecule has 7 rings (SSSR count). The lowest BCUT2D eigenvalue weighted by Crippen LogP contribution is -2.48. The van der Waals surface area contributed by atoms with Crippen molar-refractivity contribution in [3.05, 3.63) is 99.6 Å². The van der Waals surface area contributed by atoms with E-state index in [0.717, 1.165) is 9.14 Å². The largest absolute Gasteiger partial charge is 0.508 e. The van der Waals surface area contributed by atoms with Gasteiger partial charge in [-0.25, -0.2) is 4.90 Å². The molecular formula is C33H27IN2O5. The van der Waals surface area contributed by atoms with Crippen molar-refractivity contribution >= 4 is 57.6 Å². The topological polar surface area (TPSA) is 95.0 Å². The molecule has 2 saturated heterocycles. The second kappa shape index (κ2) is 9.37. The maximum atomic E-state index is 14.3. The third-order valence-corrected chi connectivity index (χ3v) is 10.3. The second-order valence-electron chi connectivity index (χ2n) is 11.5. The fourth-order valence-electron chi connectivity index (χ4n) is 7.76. The van der Waals surface area contributed by atoms with E-state index in [1.54, 1.807) is 54.6 Å². The first-order valence-electron chi connectivity index (χ1n) is 13.8. The molecule has 6 atom stereocenters. The van der Waals surface area contributed by atoms with Gasteiger partial charge < -0.3 is 5.11 Å². The molecule has 6 unspecified atom stereocenters. The third-order valence-electron chi connectivity index (χ3n) is 9.62. The van der Waals surface area contributed by atoms with Crippen molar-refractivity contribution in [2.45, 2.75) is 25.7 Å². The summed E-state index contributed by atoms with van der Waals surface area (Å²) in [6, 6.07) is 23.1. The molecular weight excluding hydrogens is 631 g/mol. The van der Waals surface area contributed by atoms with Crippen LogP contribution in [0, 0.1) is 32.7 Å². The summed E-state index contributed by atoms with van der Waals surface area (Å²) in [5.74, 6) is -4.06. The number of hydrogen-bond donors (Lipinski definition) is 1. The number of nitrogens with zero attached hydrogens (tertiary/aromatic N) is 2. The number of aromatic hydroxyl groups is 1. The molecule has 8 heteroatoms. The smallest absolute Gasteiger partial charge is 0.241 e. The lowest BCUT2D eigenvalue weighted by molar-refractivity contribution is -0.131. The number of halogens is 1. The molecule has 3 fully saturated rings. The summed E-state index contributed by atoms with van der Waals surface area (Å²) in [6.45, 7) is 1.82. The first-order chi connectivity index (χ1) is 19.7. The van der Waals surface area contributed by atoms with E-state index in [0.29, 0.717) is 23.4 Å². The number of imide groups is 2. The highest BCUT2D eigenvalue weighted by molar-refractivity contribution is 14.1. The monoisotopic (exact) mass is 658 g/mol. The van der Waals surface area contributed by atoms with Crippen LogP contribution in [0.5, 0.6) is 5.75 Å². The van der Waals surface area contributed by atoms with Crippen LogP contribution in [0.15, 0.2) is 90.5 Å². The van der Waals surface area contributed by atoms with Crippen molar-refractivity contribution in [1.82, 2.24) is 0 Å². The highest BCUT2D eigenvalue weighted by Crippen LogP contribution is 2.64. The van der Waals surface area contributed by atoms with Crippen LogP contribution in [0.4, 0.5) is 11.4 Å². The molecule has 2 heterocycles. The molecule has 2 aliphatic carbocycles. The highest BCUT2D eigenvalue weighted by Gasteiger charge is 2.67. The van der Waals surface area contributed by atoms with Crippen LogP contribution in [-0.4, -0.2) is 28.7 Å². The number of rotatable bonds is 3. The predicted octanol–water partition coefficient (Wildman–Crippen LogP) is 5.43. The van der Waals surface area contributed by atoms with Crippen molar-refractivity contribution in [3.63, 3.8) is 0 Å². The summed E-state index contributed by atoms with van der Waals surface area (Å²) in [7, 11) is 0. The summed E-state index contributed by atoms with van der Waals surface area (Å²) in [5, 5.41) is 11.1. The van der Waals surface area contributed by atoms with Gasteiger partial charge in [0.15, 0.2) is 0 Å². The van der Waals surface area contributed by atoms with E-state index in [1.165, 1.54) is 9.80 Å². The van der Waals surface area contributed by atoms with E-state index >= 15 is 0 Å². The second-order valence-corrected chi connectivity index (χ2v) is 12.8. The van der Waals surface area contributed by atoms with Crippen LogP contribution in [0.2, 0.25) is 0 Å². The highest BCUT2D eigenvalue weighted by atomic mass is 127. The van der Waals surface area contributed by atoms with Crippen LogP contribution >= 0.6 is 22.6 Å². The van der Waals surface area contributed by atoms with E-state index < -0.39 is 35.0 Å². The Kier molecular flexibility index (Phi) is 5.97. The van der Waals surface area contributed by atoms with E-state index in [2.05, 4.69) is 22.6 Å². The summed E-state index contributed by atoms with van der Waals surface area (Å²) in [6.07, 6.45) is 2.63. The summed E-state index contributed by atoms with van der Waals surface area (Å²) >= 11 is 2.18. The van der Waals surface area contributed by atoms with Gasteiger partial charge >= 0.3 is 0 Å². The van der Waals surface area contributed by atoms with Crippen molar-refractivity contribution < 1.29 is 24.3 Å². The van der Waals surface area contributed by atoms with E-state index in [9.17, 15) is 24.3 Å². The minimum absolute atomic E-state index is 0.0360. The zero-order valence-corrected chi connectivity index (χ0v) is 24.4. The Morgan fingerprint density at radius 2 is 1.44 bits per heavy atom. The number of benzene rings is 3. The summed E-state index contributed by atoms with van der Waals surface area (Å²) < 4.78 is 0.997. The lowest BCUT2D eigenvalue weighted by atomic mass is 9.51. The fraction of sp³-hybridized carbons (Fsp3) is 0.273. The fourth-order valence-corrected chi connectivity index (χ4v) is 8.12. The number of anilines is 2. The van der Waals surface area contributed by atoms with Crippen LogP contribution in [0.1, 0.15) is 31.2 Å². The first kappa shape index (κ1) is 26.1. The third kappa shape index (κ3) is 3.62. The molecule has 1 N–H and O–H groups in total. The van der Waals surface area contributed by atoms with Gasteiger partial charge in [-0.1, -0.05) is 48.0 Å². The average molecular weight is 658 g/mol. The minimum atomic E-state index is -1.18. The molecule has 41 heavy (non-hydrogen) atoms. The number of amides is 4. The van der Waals surface area contributed by atoms with Gasteiger partial charge in [0.2, 0.25) is 23.6 Å². The number of carbonyl (C=O) groups is 4. The van der Waals surface area contributed by atoms with Gasteiger partial charge in [0.1, 0.15) is 5.75 Å². The van der Waals surface area contributed by atoms with Crippen molar-refractivity contribution in [2.24, 2.45) is 29.1 Å². The molecule has 0 bridgehead atoms. The first-order valence-corrected chi connectivity index (χ1v) is 14.9. The standard InChI is InChI=1S/C33H27IN2O5/c1-33-25(30(39)36(32(33)41)19-7-3-2-4-8-19)17-24-21(28(33)22-9-5-6-10-26(22)37)15-16-23-27(24)31(40)35(29(23)38)20-13-11-18(34)12-14-20/h2-15,23-25,27-28,37H,16-17H2,1H3. The SMILES string of the molecule is CC12C(=O)N(c3ccccc3)C(=O)C1CC1C(=CCC3C(=O)N(c4ccc(I)cc4)C(=O)C31)C2c1ccccc1O. The Balaban J connectivity index is 1.37. The van der Waals surface area contributed by atoms with Crippen molar-refractivity contribution in [2.75, 3.05) is 9.80 Å². The molecule has 0 radical (unpaired) electrons. The number of fused-ring (bicyclic) bond motifs is 4. The maximum Gasteiger partial charge on any atom is 0.241 e. The van der Waals surface area contributed by atoms with Gasteiger partial charge in [0, 0.05) is 15.1 Å². The number of para-hydroxylation sites is 2.